The van der Waals surface area contributed by atoms with Gasteiger partial charge in [-0.3, -0.25) is 0 Å². The van der Waals surface area contributed by atoms with Gasteiger partial charge in [-0.05, 0) is 25.5 Å². The number of rotatable bonds is 8. The van der Waals surface area contributed by atoms with Gasteiger partial charge in [-0.15, -0.1) is 0 Å². The van der Waals surface area contributed by atoms with Crippen LogP contribution in [0.4, 0.5) is 10.5 Å². The van der Waals surface area contributed by atoms with E-state index in [0.717, 1.165) is 12.8 Å². The highest BCUT2D eigenvalue weighted by Gasteiger charge is 2.19. The molecule has 3 N–H and O–H groups in total. The number of carboxylic acids is 1. The van der Waals surface area contributed by atoms with Crippen molar-refractivity contribution in [2.45, 2.75) is 39.2 Å². The molecule has 0 aliphatic heterocycles. The molecule has 0 fully saturated rings. The standard InChI is InChI=1S/C15H22N2O4/c1-3-5-9-13(14(18)19)17-15(20)16-11-7-6-8-12(10-11)21-4-2/h6-8,10,13H,3-5,9H2,1-2H3,(H,18,19)(H2,16,17,20). The second-order valence-corrected chi connectivity index (χ2v) is 4.59. The fraction of sp³-hybridized carbons (Fsp3) is 0.467. The molecule has 0 bridgehead atoms. The first-order valence-electron chi connectivity index (χ1n) is 7.10. The van der Waals surface area contributed by atoms with E-state index in [9.17, 15) is 9.59 Å². The molecule has 0 heterocycles. The summed E-state index contributed by atoms with van der Waals surface area (Å²) < 4.78 is 5.33. The molecule has 1 aromatic carbocycles. The molecule has 2 amide bonds. The van der Waals surface area contributed by atoms with Gasteiger partial charge in [-0.1, -0.05) is 25.8 Å². The number of carbonyl (C=O) groups is 2. The van der Waals surface area contributed by atoms with Gasteiger partial charge in [0.25, 0.3) is 0 Å². The Kier molecular flexibility index (Phi) is 7.08. The van der Waals surface area contributed by atoms with Gasteiger partial charge in [0, 0.05) is 11.8 Å². The number of unbranched alkanes of at least 4 members (excludes halogenated alkanes) is 1. The van der Waals surface area contributed by atoms with Gasteiger partial charge in [-0.2, -0.15) is 0 Å². The second-order valence-electron chi connectivity index (χ2n) is 4.59. The van der Waals surface area contributed by atoms with Crippen LogP contribution < -0.4 is 15.4 Å². The molecular formula is C15H22N2O4. The summed E-state index contributed by atoms with van der Waals surface area (Å²) in [5, 5.41) is 14.1. The summed E-state index contributed by atoms with van der Waals surface area (Å²) in [5.74, 6) is -0.377. The Hall–Kier alpha value is -2.24. The Bertz CT molecular complexity index is 476. The lowest BCUT2D eigenvalue weighted by molar-refractivity contribution is -0.139. The van der Waals surface area contributed by atoms with Crippen molar-refractivity contribution in [2.24, 2.45) is 0 Å². The van der Waals surface area contributed by atoms with Crippen LogP contribution in [0.1, 0.15) is 33.1 Å². The number of hydrogen-bond acceptors (Lipinski definition) is 3. The van der Waals surface area contributed by atoms with Crippen LogP contribution in [0.2, 0.25) is 0 Å². The lowest BCUT2D eigenvalue weighted by atomic mass is 10.1. The minimum Gasteiger partial charge on any atom is -0.494 e. The van der Waals surface area contributed by atoms with Crippen molar-refractivity contribution >= 4 is 17.7 Å². The van der Waals surface area contributed by atoms with E-state index in [2.05, 4.69) is 10.6 Å². The van der Waals surface area contributed by atoms with Gasteiger partial charge in [0.05, 0.1) is 6.61 Å². The molecule has 0 spiro atoms. The van der Waals surface area contributed by atoms with Crippen LogP contribution in [0.25, 0.3) is 0 Å². The highest BCUT2D eigenvalue weighted by molar-refractivity contribution is 5.92. The molecule has 0 aliphatic carbocycles. The first-order valence-corrected chi connectivity index (χ1v) is 7.10. The number of aliphatic carboxylic acids is 1. The summed E-state index contributed by atoms with van der Waals surface area (Å²) in [7, 11) is 0. The van der Waals surface area contributed by atoms with Crippen LogP contribution in [0, 0.1) is 0 Å². The first-order chi connectivity index (χ1) is 10.1. The van der Waals surface area contributed by atoms with E-state index in [-0.39, 0.29) is 0 Å². The number of nitrogens with one attached hydrogen (secondary N) is 2. The number of carbonyl (C=O) groups excluding carboxylic acids is 1. The normalized spacial score (nSPS) is 11.5. The maximum Gasteiger partial charge on any atom is 0.326 e. The molecule has 0 radical (unpaired) electrons. The molecule has 1 unspecified atom stereocenters. The zero-order valence-corrected chi connectivity index (χ0v) is 12.4. The molecule has 0 aliphatic rings. The van der Waals surface area contributed by atoms with Crippen molar-refractivity contribution in [1.82, 2.24) is 5.32 Å². The highest BCUT2D eigenvalue weighted by atomic mass is 16.5. The second kappa shape index (κ2) is 8.84. The number of amides is 2. The third-order valence-electron chi connectivity index (χ3n) is 2.85. The van der Waals surface area contributed by atoms with Crippen LogP contribution in [0.3, 0.4) is 0 Å². The van der Waals surface area contributed by atoms with Gasteiger partial charge in [-0.25, -0.2) is 9.59 Å². The molecular weight excluding hydrogens is 272 g/mol. The van der Waals surface area contributed by atoms with E-state index in [4.69, 9.17) is 9.84 Å². The molecule has 0 aromatic heterocycles. The van der Waals surface area contributed by atoms with E-state index < -0.39 is 18.0 Å². The van der Waals surface area contributed by atoms with Gasteiger partial charge in [0.1, 0.15) is 11.8 Å². The van der Waals surface area contributed by atoms with Crippen molar-refractivity contribution in [3.05, 3.63) is 24.3 Å². The van der Waals surface area contributed by atoms with E-state index in [1.807, 2.05) is 13.8 Å². The molecule has 1 aromatic rings. The van der Waals surface area contributed by atoms with E-state index in [0.29, 0.717) is 24.5 Å². The minimum absolute atomic E-state index is 0.415. The third-order valence-corrected chi connectivity index (χ3v) is 2.85. The molecule has 6 nitrogen and oxygen atoms in total. The molecule has 1 rings (SSSR count). The summed E-state index contributed by atoms with van der Waals surface area (Å²) in [5.41, 5.74) is 0.554. The lowest BCUT2D eigenvalue weighted by Gasteiger charge is -2.15. The van der Waals surface area contributed by atoms with Gasteiger partial charge in [0.2, 0.25) is 0 Å². The molecule has 6 heteroatoms. The van der Waals surface area contributed by atoms with E-state index >= 15 is 0 Å². The Balaban J connectivity index is 2.58. The Morgan fingerprint density at radius 2 is 2.10 bits per heavy atom. The predicted octanol–water partition coefficient (Wildman–Crippen LogP) is 2.85. The van der Waals surface area contributed by atoms with Crippen LogP contribution in [0.15, 0.2) is 24.3 Å². The fourth-order valence-electron chi connectivity index (χ4n) is 1.82. The average Bonchev–Trinajstić information content (AvgIpc) is 2.44. The van der Waals surface area contributed by atoms with E-state index in [1.165, 1.54) is 0 Å². The van der Waals surface area contributed by atoms with Crippen LogP contribution in [0.5, 0.6) is 5.75 Å². The van der Waals surface area contributed by atoms with E-state index in [1.54, 1.807) is 24.3 Å². The minimum atomic E-state index is -1.03. The Labute approximate surface area is 124 Å². The van der Waals surface area contributed by atoms with Crippen molar-refractivity contribution in [1.29, 1.82) is 0 Å². The van der Waals surface area contributed by atoms with Crippen LogP contribution >= 0.6 is 0 Å². The van der Waals surface area contributed by atoms with Crippen LogP contribution in [-0.4, -0.2) is 29.8 Å². The van der Waals surface area contributed by atoms with Gasteiger partial charge >= 0.3 is 12.0 Å². The summed E-state index contributed by atoms with van der Waals surface area (Å²) in [4.78, 5) is 22.9. The average molecular weight is 294 g/mol. The summed E-state index contributed by atoms with van der Waals surface area (Å²) in [6.45, 7) is 4.38. The fourth-order valence-corrected chi connectivity index (χ4v) is 1.82. The molecule has 21 heavy (non-hydrogen) atoms. The maximum absolute atomic E-state index is 11.8. The third kappa shape index (κ3) is 6.16. The number of anilines is 1. The van der Waals surface area contributed by atoms with Crippen molar-refractivity contribution in [3.63, 3.8) is 0 Å². The van der Waals surface area contributed by atoms with Gasteiger partial charge < -0.3 is 20.5 Å². The van der Waals surface area contributed by atoms with Gasteiger partial charge in [0.15, 0.2) is 0 Å². The van der Waals surface area contributed by atoms with Crippen molar-refractivity contribution in [2.75, 3.05) is 11.9 Å². The molecule has 0 saturated heterocycles. The first kappa shape index (κ1) is 16.8. The zero-order valence-electron chi connectivity index (χ0n) is 12.4. The molecule has 116 valence electrons. The quantitative estimate of drug-likeness (QED) is 0.688. The number of benzene rings is 1. The summed E-state index contributed by atoms with van der Waals surface area (Å²) in [6, 6.07) is 5.53. The zero-order chi connectivity index (χ0) is 15.7. The topological polar surface area (TPSA) is 87.7 Å². The molecule has 1 atom stereocenters. The number of carboxylic acid groups (broad SMARTS) is 1. The maximum atomic E-state index is 11.8. The SMILES string of the molecule is CCCCC(NC(=O)Nc1cccc(OCC)c1)C(=O)O. The number of urea groups is 1. The van der Waals surface area contributed by atoms with Crippen LogP contribution in [-0.2, 0) is 4.79 Å². The Morgan fingerprint density at radius 1 is 1.33 bits per heavy atom. The predicted molar refractivity (Wildman–Crippen MR) is 80.7 cm³/mol. The van der Waals surface area contributed by atoms with Crippen molar-refractivity contribution in [3.8, 4) is 5.75 Å². The number of ether oxygens (including phenoxy) is 1. The Morgan fingerprint density at radius 3 is 2.71 bits per heavy atom. The lowest BCUT2D eigenvalue weighted by Crippen LogP contribution is -2.42. The largest absolute Gasteiger partial charge is 0.494 e. The smallest absolute Gasteiger partial charge is 0.326 e. The summed E-state index contributed by atoms with van der Waals surface area (Å²) in [6.07, 6.45) is 2.04. The number of hydrogen-bond donors (Lipinski definition) is 3. The summed E-state index contributed by atoms with van der Waals surface area (Å²) >= 11 is 0. The van der Waals surface area contributed by atoms with Crippen molar-refractivity contribution < 1.29 is 19.4 Å². The monoisotopic (exact) mass is 294 g/mol. The highest BCUT2D eigenvalue weighted by Crippen LogP contribution is 2.17. The molecule has 0 saturated carbocycles.